The summed E-state index contributed by atoms with van der Waals surface area (Å²) in [5, 5.41) is 1.20. The molecule has 8 heteroatoms. The average molecular weight is 485 g/mol. The SMILES string of the molecule is Clc1ccccc1[C@H]1OCCOCCOCCOCCOCCO[C@@H]1c1ccccc1Cl. The summed E-state index contributed by atoms with van der Waals surface area (Å²) in [7, 11) is 0. The minimum Gasteiger partial charge on any atom is -0.377 e. The first kappa shape index (κ1) is 25.4. The molecule has 1 aliphatic rings. The highest BCUT2D eigenvalue weighted by molar-refractivity contribution is 6.31. The summed E-state index contributed by atoms with van der Waals surface area (Å²) < 4.78 is 34.8. The Kier molecular flexibility index (Phi) is 11.8. The molecule has 2 aromatic rings. The van der Waals surface area contributed by atoms with Gasteiger partial charge >= 0.3 is 0 Å². The normalized spacial score (nSPS) is 23.2. The quantitative estimate of drug-likeness (QED) is 0.604. The highest BCUT2D eigenvalue weighted by Gasteiger charge is 2.30. The number of benzene rings is 2. The van der Waals surface area contributed by atoms with Crippen LogP contribution in [0.15, 0.2) is 48.5 Å². The van der Waals surface area contributed by atoms with Gasteiger partial charge in [-0.3, -0.25) is 0 Å². The molecule has 0 unspecified atom stereocenters. The standard InChI is InChI=1S/C24H30Cl2O6/c25-21-7-3-1-5-19(21)23-24(20-6-2-4-8-22(20)26)32-18-16-30-14-12-28-10-9-27-11-13-29-15-17-31-23/h1-8,23-24H,9-18H2/t23-,24-/m1/s1. The maximum atomic E-state index is 6.54. The van der Waals surface area contributed by atoms with Crippen LogP contribution in [0.3, 0.4) is 0 Å². The number of rotatable bonds is 2. The summed E-state index contributed by atoms with van der Waals surface area (Å²) in [5.41, 5.74) is 1.65. The van der Waals surface area contributed by atoms with Gasteiger partial charge in [0.1, 0.15) is 12.2 Å². The molecule has 1 fully saturated rings. The molecule has 0 saturated carbocycles. The van der Waals surface area contributed by atoms with Crippen molar-refractivity contribution >= 4 is 23.2 Å². The Morgan fingerprint density at radius 3 is 1.12 bits per heavy atom. The van der Waals surface area contributed by atoms with Gasteiger partial charge in [-0.15, -0.1) is 0 Å². The summed E-state index contributed by atoms with van der Waals surface area (Å²) in [6.45, 7) is 4.56. The van der Waals surface area contributed by atoms with E-state index >= 15 is 0 Å². The fourth-order valence-electron chi connectivity index (χ4n) is 3.32. The Morgan fingerprint density at radius 2 is 0.781 bits per heavy atom. The van der Waals surface area contributed by atoms with Gasteiger partial charge in [-0.1, -0.05) is 59.6 Å². The van der Waals surface area contributed by atoms with Crippen molar-refractivity contribution in [3.63, 3.8) is 0 Å². The van der Waals surface area contributed by atoms with E-state index in [9.17, 15) is 0 Å². The predicted molar refractivity (Wildman–Crippen MR) is 124 cm³/mol. The molecule has 0 aliphatic carbocycles. The van der Waals surface area contributed by atoms with Gasteiger partial charge in [0, 0.05) is 21.2 Å². The van der Waals surface area contributed by atoms with E-state index in [1.54, 1.807) is 0 Å². The van der Waals surface area contributed by atoms with Crippen LogP contribution in [0.1, 0.15) is 23.3 Å². The molecule has 0 N–H and O–H groups in total. The van der Waals surface area contributed by atoms with Gasteiger partial charge in [0.25, 0.3) is 0 Å². The third-order valence-corrected chi connectivity index (χ3v) is 5.55. The molecule has 6 nitrogen and oxygen atoms in total. The second-order valence-electron chi connectivity index (χ2n) is 7.08. The van der Waals surface area contributed by atoms with Crippen LogP contribution in [0.25, 0.3) is 0 Å². The largest absolute Gasteiger partial charge is 0.377 e. The van der Waals surface area contributed by atoms with Crippen LogP contribution >= 0.6 is 23.2 Å². The third kappa shape index (κ3) is 8.28. The molecule has 2 aromatic carbocycles. The lowest BCUT2D eigenvalue weighted by molar-refractivity contribution is -0.103. The molecule has 1 saturated heterocycles. The van der Waals surface area contributed by atoms with Crippen LogP contribution in [0.4, 0.5) is 0 Å². The van der Waals surface area contributed by atoms with Crippen molar-refractivity contribution in [1.29, 1.82) is 0 Å². The Bertz CT molecular complexity index is 725. The molecular weight excluding hydrogens is 455 g/mol. The first-order valence-corrected chi connectivity index (χ1v) is 11.6. The van der Waals surface area contributed by atoms with Crippen molar-refractivity contribution < 1.29 is 28.4 Å². The third-order valence-electron chi connectivity index (χ3n) is 4.86. The average Bonchev–Trinajstić information content (AvgIpc) is 2.80. The number of ether oxygens (including phenoxy) is 6. The van der Waals surface area contributed by atoms with E-state index in [1.165, 1.54) is 0 Å². The number of halogens is 2. The van der Waals surface area contributed by atoms with Crippen LogP contribution < -0.4 is 0 Å². The lowest BCUT2D eigenvalue weighted by atomic mass is 9.97. The van der Waals surface area contributed by atoms with Crippen molar-refractivity contribution in [3.8, 4) is 0 Å². The molecule has 0 radical (unpaired) electrons. The molecule has 0 amide bonds. The summed E-state index contributed by atoms with van der Waals surface area (Å²) in [6.07, 6.45) is -0.962. The maximum absolute atomic E-state index is 6.54. The van der Waals surface area contributed by atoms with Gasteiger partial charge in [-0.2, -0.15) is 0 Å². The molecule has 0 bridgehead atoms. The zero-order chi connectivity index (χ0) is 22.4. The number of hydrogen-bond acceptors (Lipinski definition) is 6. The van der Waals surface area contributed by atoms with E-state index in [1.807, 2.05) is 48.5 Å². The maximum Gasteiger partial charge on any atom is 0.114 e. The molecule has 176 valence electrons. The van der Waals surface area contributed by atoms with Crippen LogP contribution in [-0.2, 0) is 28.4 Å². The van der Waals surface area contributed by atoms with E-state index in [2.05, 4.69) is 0 Å². The first-order chi connectivity index (χ1) is 15.8. The van der Waals surface area contributed by atoms with Crippen molar-refractivity contribution in [2.24, 2.45) is 0 Å². The van der Waals surface area contributed by atoms with Gasteiger partial charge in [-0.05, 0) is 12.1 Å². The van der Waals surface area contributed by atoms with Crippen molar-refractivity contribution in [3.05, 3.63) is 69.7 Å². The topological polar surface area (TPSA) is 55.4 Å². The van der Waals surface area contributed by atoms with E-state index in [4.69, 9.17) is 51.6 Å². The van der Waals surface area contributed by atoms with Gasteiger partial charge in [-0.25, -0.2) is 0 Å². The highest BCUT2D eigenvalue weighted by atomic mass is 35.5. The zero-order valence-corrected chi connectivity index (χ0v) is 19.6. The fraction of sp³-hybridized carbons (Fsp3) is 0.500. The minimum atomic E-state index is -0.481. The Morgan fingerprint density at radius 1 is 0.469 bits per heavy atom. The van der Waals surface area contributed by atoms with E-state index in [0.29, 0.717) is 76.1 Å². The smallest absolute Gasteiger partial charge is 0.114 e. The summed E-state index contributed by atoms with van der Waals surface area (Å²) in [4.78, 5) is 0. The predicted octanol–water partition coefficient (Wildman–Crippen LogP) is 4.89. The van der Waals surface area contributed by atoms with Crippen molar-refractivity contribution in [2.45, 2.75) is 12.2 Å². The minimum absolute atomic E-state index is 0.361. The van der Waals surface area contributed by atoms with Gasteiger partial charge in [0.2, 0.25) is 0 Å². The fourth-order valence-corrected chi connectivity index (χ4v) is 3.81. The summed E-state index contributed by atoms with van der Waals surface area (Å²) >= 11 is 13.1. The second-order valence-corrected chi connectivity index (χ2v) is 7.89. The van der Waals surface area contributed by atoms with Crippen LogP contribution in [0.5, 0.6) is 0 Å². The van der Waals surface area contributed by atoms with Crippen LogP contribution in [0.2, 0.25) is 10.0 Å². The number of hydrogen-bond donors (Lipinski definition) is 0. The van der Waals surface area contributed by atoms with E-state index in [0.717, 1.165) is 11.1 Å². The summed E-state index contributed by atoms with van der Waals surface area (Å²) in [5.74, 6) is 0. The Balaban J connectivity index is 1.80. The Hall–Kier alpha value is -1.22. The van der Waals surface area contributed by atoms with Gasteiger partial charge in [0.15, 0.2) is 0 Å². The highest BCUT2D eigenvalue weighted by Crippen LogP contribution is 2.40. The van der Waals surface area contributed by atoms with Crippen LogP contribution in [-0.4, -0.2) is 66.1 Å². The molecule has 1 aliphatic heterocycles. The van der Waals surface area contributed by atoms with Gasteiger partial charge in [0.05, 0.1) is 66.1 Å². The lowest BCUT2D eigenvalue weighted by Crippen LogP contribution is -2.23. The van der Waals surface area contributed by atoms with Crippen LogP contribution in [0, 0.1) is 0 Å². The molecule has 0 aromatic heterocycles. The van der Waals surface area contributed by atoms with Crippen molar-refractivity contribution in [2.75, 3.05) is 66.1 Å². The van der Waals surface area contributed by atoms with E-state index in [-0.39, 0.29) is 0 Å². The molecule has 3 rings (SSSR count). The lowest BCUT2D eigenvalue weighted by Gasteiger charge is -2.29. The molecule has 32 heavy (non-hydrogen) atoms. The van der Waals surface area contributed by atoms with Crippen molar-refractivity contribution in [1.82, 2.24) is 0 Å². The molecule has 0 spiro atoms. The first-order valence-electron chi connectivity index (χ1n) is 10.8. The second kappa shape index (κ2) is 14.8. The zero-order valence-electron chi connectivity index (χ0n) is 18.0. The molecule has 2 atom stereocenters. The Labute approximate surface area is 199 Å². The van der Waals surface area contributed by atoms with Gasteiger partial charge < -0.3 is 28.4 Å². The van der Waals surface area contributed by atoms with E-state index < -0.39 is 12.2 Å². The molecular formula is C24H30Cl2O6. The summed E-state index contributed by atoms with van der Waals surface area (Å²) in [6, 6.07) is 15.2. The molecule has 1 heterocycles. The monoisotopic (exact) mass is 484 g/mol.